The Kier molecular flexibility index (Phi) is 4.04. The number of hydrogen-bond donors (Lipinski definition) is 0. The highest BCUT2D eigenvalue weighted by molar-refractivity contribution is 5.22. The highest BCUT2D eigenvalue weighted by Gasteiger charge is 2.18. The summed E-state index contributed by atoms with van der Waals surface area (Å²) in [5, 5.41) is 12.5. The number of benzene rings is 1. The third kappa shape index (κ3) is 2.92. The molecule has 1 atom stereocenters. The summed E-state index contributed by atoms with van der Waals surface area (Å²) in [7, 11) is 1.65. The molecule has 1 aromatic carbocycles. The first-order chi connectivity index (χ1) is 8.70. The van der Waals surface area contributed by atoms with Gasteiger partial charge in [-0.25, -0.2) is 0 Å². The van der Waals surface area contributed by atoms with Gasteiger partial charge in [-0.1, -0.05) is 44.2 Å². The van der Waals surface area contributed by atoms with Gasteiger partial charge in [0.1, 0.15) is 6.10 Å². The van der Waals surface area contributed by atoms with Crippen LogP contribution in [0.25, 0.3) is 0 Å². The molecule has 5 heteroatoms. The molecule has 1 unspecified atom stereocenters. The van der Waals surface area contributed by atoms with Crippen LogP contribution in [0.15, 0.2) is 30.3 Å². The van der Waals surface area contributed by atoms with Crippen molar-refractivity contribution in [3.63, 3.8) is 0 Å². The van der Waals surface area contributed by atoms with Crippen molar-refractivity contribution >= 4 is 0 Å². The van der Waals surface area contributed by atoms with Crippen molar-refractivity contribution in [1.82, 2.24) is 20.2 Å². The number of tetrazole rings is 1. The monoisotopic (exact) mass is 246 g/mol. The van der Waals surface area contributed by atoms with Crippen LogP contribution < -0.4 is 0 Å². The van der Waals surface area contributed by atoms with E-state index in [0.29, 0.717) is 11.7 Å². The molecular weight excluding hydrogens is 228 g/mol. The maximum Gasteiger partial charge on any atom is 0.207 e. The topological polar surface area (TPSA) is 52.8 Å². The fraction of sp³-hybridized carbons (Fsp3) is 0.462. The molecule has 0 bridgehead atoms. The first-order valence-corrected chi connectivity index (χ1v) is 6.06. The van der Waals surface area contributed by atoms with Gasteiger partial charge in [-0.15, -0.1) is 10.2 Å². The number of rotatable bonds is 5. The van der Waals surface area contributed by atoms with Crippen molar-refractivity contribution in [3.8, 4) is 0 Å². The molecule has 0 radical (unpaired) electrons. The Morgan fingerprint density at radius 1 is 1.22 bits per heavy atom. The van der Waals surface area contributed by atoms with Gasteiger partial charge in [0.25, 0.3) is 0 Å². The molecule has 5 nitrogen and oxygen atoms in total. The summed E-state index contributed by atoms with van der Waals surface area (Å²) in [5.74, 6) is 1.09. The second-order valence-electron chi connectivity index (χ2n) is 4.62. The van der Waals surface area contributed by atoms with Gasteiger partial charge >= 0.3 is 0 Å². The van der Waals surface area contributed by atoms with Crippen molar-refractivity contribution in [2.45, 2.75) is 26.5 Å². The minimum absolute atomic E-state index is 0.257. The molecule has 0 N–H and O–H groups in total. The number of hydrogen-bond acceptors (Lipinski definition) is 4. The van der Waals surface area contributed by atoms with Crippen LogP contribution in [-0.2, 0) is 11.3 Å². The molecule has 2 aromatic rings. The second-order valence-corrected chi connectivity index (χ2v) is 4.62. The van der Waals surface area contributed by atoms with Gasteiger partial charge in [-0.3, -0.25) is 0 Å². The largest absolute Gasteiger partial charge is 0.369 e. The smallest absolute Gasteiger partial charge is 0.207 e. The molecule has 0 amide bonds. The molecule has 18 heavy (non-hydrogen) atoms. The number of methoxy groups -OCH3 is 1. The summed E-state index contributed by atoms with van der Waals surface area (Å²) in [5.41, 5.74) is 1.03. The van der Waals surface area contributed by atoms with Crippen LogP contribution in [0.4, 0.5) is 0 Å². The summed E-state index contributed by atoms with van der Waals surface area (Å²) in [4.78, 5) is 1.62. The fourth-order valence-electron chi connectivity index (χ4n) is 1.78. The zero-order valence-electron chi connectivity index (χ0n) is 10.9. The molecule has 1 heterocycles. The Balaban J connectivity index is 2.20. The lowest BCUT2D eigenvalue weighted by molar-refractivity contribution is 0.128. The Morgan fingerprint density at radius 2 is 1.94 bits per heavy atom. The second kappa shape index (κ2) is 5.73. The van der Waals surface area contributed by atoms with Crippen LogP contribution in [0, 0.1) is 5.92 Å². The van der Waals surface area contributed by atoms with E-state index in [9.17, 15) is 0 Å². The van der Waals surface area contributed by atoms with Crippen LogP contribution in [-0.4, -0.2) is 27.3 Å². The molecule has 1 aromatic heterocycles. The van der Waals surface area contributed by atoms with Gasteiger partial charge in [0.15, 0.2) is 0 Å². The Labute approximate surface area is 107 Å². The zero-order valence-corrected chi connectivity index (χ0v) is 10.9. The van der Waals surface area contributed by atoms with Crippen molar-refractivity contribution in [1.29, 1.82) is 0 Å². The van der Waals surface area contributed by atoms with Crippen LogP contribution >= 0.6 is 0 Å². The third-order valence-corrected chi connectivity index (χ3v) is 2.57. The van der Waals surface area contributed by atoms with Crippen molar-refractivity contribution in [2.24, 2.45) is 5.92 Å². The van der Waals surface area contributed by atoms with E-state index in [2.05, 4.69) is 29.3 Å². The van der Waals surface area contributed by atoms with Crippen LogP contribution in [0.1, 0.15) is 31.3 Å². The lowest BCUT2D eigenvalue weighted by Gasteiger charge is -2.11. The fourth-order valence-corrected chi connectivity index (χ4v) is 1.78. The summed E-state index contributed by atoms with van der Waals surface area (Å²) in [6.07, 6.45) is -0.257. The number of ether oxygens (including phenoxy) is 1. The van der Waals surface area contributed by atoms with Crippen LogP contribution in [0.2, 0.25) is 0 Å². The van der Waals surface area contributed by atoms with E-state index in [1.54, 1.807) is 11.9 Å². The van der Waals surface area contributed by atoms with Crippen molar-refractivity contribution < 1.29 is 4.74 Å². The lowest BCUT2D eigenvalue weighted by atomic mass is 10.1. The zero-order chi connectivity index (χ0) is 13.0. The van der Waals surface area contributed by atoms with Crippen LogP contribution in [0.3, 0.4) is 0 Å². The molecule has 0 saturated heterocycles. The van der Waals surface area contributed by atoms with E-state index >= 15 is 0 Å². The first kappa shape index (κ1) is 12.7. The highest BCUT2D eigenvalue weighted by Crippen LogP contribution is 2.21. The molecule has 0 saturated carbocycles. The molecule has 0 fully saturated rings. The minimum atomic E-state index is -0.257. The summed E-state index contributed by atoms with van der Waals surface area (Å²) in [6.45, 7) is 5.00. The number of aromatic nitrogens is 4. The maximum absolute atomic E-state index is 5.46. The summed E-state index contributed by atoms with van der Waals surface area (Å²) < 4.78 is 5.46. The maximum atomic E-state index is 5.46. The van der Waals surface area contributed by atoms with Gasteiger partial charge in [0.05, 0.1) is 6.54 Å². The summed E-state index contributed by atoms with van der Waals surface area (Å²) >= 11 is 0. The third-order valence-electron chi connectivity index (χ3n) is 2.57. The molecule has 2 rings (SSSR count). The number of nitrogens with zero attached hydrogens (tertiary/aromatic N) is 4. The van der Waals surface area contributed by atoms with E-state index in [-0.39, 0.29) is 6.10 Å². The van der Waals surface area contributed by atoms with E-state index in [4.69, 9.17) is 4.74 Å². The quantitative estimate of drug-likeness (QED) is 0.810. The average Bonchev–Trinajstić information content (AvgIpc) is 2.79. The van der Waals surface area contributed by atoms with Gasteiger partial charge < -0.3 is 4.74 Å². The molecule has 0 aliphatic carbocycles. The van der Waals surface area contributed by atoms with Crippen LogP contribution in [0.5, 0.6) is 0 Å². The highest BCUT2D eigenvalue weighted by atomic mass is 16.5. The lowest BCUT2D eigenvalue weighted by Crippen LogP contribution is -2.10. The van der Waals surface area contributed by atoms with Gasteiger partial charge in [0, 0.05) is 7.11 Å². The molecule has 0 aliphatic rings. The minimum Gasteiger partial charge on any atom is -0.369 e. The summed E-state index contributed by atoms with van der Waals surface area (Å²) in [6, 6.07) is 9.91. The average molecular weight is 246 g/mol. The molecule has 0 aliphatic heterocycles. The predicted octanol–water partition coefficient (Wildman–Crippen LogP) is 2.06. The molecule has 0 spiro atoms. The normalized spacial score (nSPS) is 12.9. The van der Waals surface area contributed by atoms with E-state index in [1.807, 2.05) is 30.3 Å². The van der Waals surface area contributed by atoms with Gasteiger partial charge in [-0.05, 0) is 16.7 Å². The standard InChI is InChI=1S/C13H18N4O/c1-10(2)9-17-15-13(14-16-17)12(18-3)11-7-5-4-6-8-11/h4-8,10,12H,9H2,1-3H3. The molecular formula is C13H18N4O. The SMILES string of the molecule is COC(c1ccccc1)c1nnn(CC(C)C)n1. The first-order valence-electron chi connectivity index (χ1n) is 6.06. The van der Waals surface area contributed by atoms with Gasteiger partial charge in [0.2, 0.25) is 5.82 Å². The Bertz CT molecular complexity index is 481. The van der Waals surface area contributed by atoms with Gasteiger partial charge in [-0.2, -0.15) is 4.80 Å². The van der Waals surface area contributed by atoms with Crippen molar-refractivity contribution in [2.75, 3.05) is 7.11 Å². The molecule has 96 valence electrons. The Morgan fingerprint density at radius 3 is 2.56 bits per heavy atom. The predicted molar refractivity (Wildman–Crippen MR) is 67.9 cm³/mol. The van der Waals surface area contributed by atoms with Crippen molar-refractivity contribution in [3.05, 3.63) is 41.7 Å². The van der Waals surface area contributed by atoms with E-state index in [1.165, 1.54) is 0 Å². The van der Waals surface area contributed by atoms with E-state index < -0.39 is 0 Å². The Hall–Kier alpha value is -1.75. The van der Waals surface area contributed by atoms with E-state index in [0.717, 1.165) is 12.1 Å².